The van der Waals surface area contributed by atoms with Crippen molar-refractivity contribution in [2.45, 2.75) is 37.6 Å². The second kappa shape index (κ2) is 6.90. The van der Waals surface area contributed by atoms with E-state index in [4.69, 9.17) is 5.73 Å². The van der Waals surface area contributed by atoms with E-state index in [0.29, 0.717) is 12.8 Å². The molecule has 0 aromatic carbocycles. The molecule has 0 spiro atoms. The van der Waals surface area contributed by atoms with Crippen molar-refractivity contribution in [3.05, 3.63) is 0 Å². The molecular formula is C12H21ClN4O3. The fraction of sp³-hybridized carbons (Fsp3) is 0.750. The first-order chi connectivity index (χ1) is 9.03. The van der Waals surface area contributed by atoms with E-state index in [1.165, 1.54) is 0 Å². The Morgan fingerprint density at radius 3 is 2.50 bits per heavy atom. The largest absolute Gasteiger partial charge is 0.353 e. The molecule has 1 aliphatic carbocycles. The number of carbonyl (C=O) groups excluding carboxylic acids is 3. The van der Waals surface area contributed by atoms with Gasteiger partial charge < -0.3 is 16.4 Å². The summed E-state index contributed by atoms with van der Waals surface area (Å²) >= 11 is 0. The first kappa shape index (κ1) is 16.7. The highest BCUT2D eigenvalue weighted by molar-refractivity contribution is 6.02. The lowest BCUT2D eigenvalue weighted by Crippen LogP contribution is -2.56. The number of amides is 4. The van der Waals surface area contributed by atoms with Crippen LogP contribution in [0.1, 0.15) is 32.1 Å². The fourth-order valence-electron chi connectivity index (χ4n) is 2.55. The zero-order chi connectivity index (χ0) is 13.9. The highest BCUT2D eigenvalue weighted by Crippen LogP contribution is 2.25. The van der Waals surface area contributed by atoms with E-state index in [-0.39, 0.29) is 43.9 Å². The standard InChI is InChI=1S/C12H20N4O3.ClH/c13-12(4-2-1-3-5-12)10(18)14-6-7-16-9(17)8-15-11(16)19;/h1-8,13H2,(H,14,18)(H,15,19);1H. The van der Waals surface area contributed by atoms with Crippen LogP contribution in [0.3, 0.4) is 0 Å². The number of hydrogen-bond acceptors (Lipinski definition) is 4. The molecule has 4 N–H and O–H groups in total. The average molecular weight is 305 g/mol. The molecule has 0 aromatic heterocycles. The Bertz CT molecular complexity index is 380. The summed E-state index contributed by atoms with van der Waals surface area (Å²) in [5.41, 5.74) is 5.30. The maximum atomic E-state index is 12.0. The number of urea groups is 1. The van der Waals surface area contributed by atoms with Crippen LogP contribution < -0.4 is 16.4 Å². The van der Waals surface area contributed by atoms with E-state index in [2.05, 4.69) is 10.6 Å². The highest BCUT2D eigenvalue weighted by Gasteiger charge is 2.35. The van der Waals surface area contributed by atoms with Gasteiger partial charge in [-0.3, -0.25) is 14.5 Å². The van der Waals surface area contributed by atoms with Crippen LogP contribution in [0.4, 0.5) is 4.79 Å². The molecule has 0 radical (unpaired) electrons. The Labute approximate surface area is 124 Å². The lowest BCUT2D eigenvalue weighted by Gasteiger charge is -2.31. The van der Waals surface area contributed by atoms with Gasteiger partial charge in [-0.15, -0.1) is 12.4 Å². The molecular weight excluding hydrogens is 284 g/mol. The lowest BCUT2D eigenvalue weighted by molar-refractivity contribution is -0.128. The summed E-state index contributed by atoms with van der Waals surface area (Å²) < 4.78 is 0. The normalized spacial score (nSPS) is 21.1. The topological polar surface area (TPSA) is 105 Å². The van der Waals surface area contributed by atoms with Crippen LogP contribution in [0.2, 0.25) is 0 Å². The smallest absolute Gasteiger partial charge is 0.324 e. The van der Waals surface area contributed by atoms with Crippen LogP contribution in [0.15, 0.2) is 0 Å². The third-order valence-corrected chi connectivity index (χ3v) is 3.76. The SMILES string of the molecule is Cl.NC1(C(=O)NCCN2C(=O)CNC2=O)CCCCC1. The Hall–Kier alpha value is -1.34. The van der Waals surface area contributed by atoms with Gasteiger partial charge in [0.15, 0.2) is 0 Å². The molecule has 8 heteroatoms. The predicted molar refractivity (Wildman–Crippen MR) is 75.4 cm³/mol. The Kier molecular flexibility index (Phi) is 5.76. The minimum absolute atomic E-state index is 0. The van der Waals surface area contributed by atoms with Crippen molar-refractivity contribution in [3.8, 4) is 0 Å². The van der Waals surface area contributed by atoms with Gasteiger partial charge >= 0.3 is 6.03 Å². The molecule has 1 saturated carbocycles. The van der Waals surface area contributed by atoms with Crippen LogP contribution in [-0.4, -0.2) is 47.9 Å². The lowest BCUT2D eigenvalue weighted by atomic mass is 9.82. The number of nitrogens with one attached hydrogen (secondary N) is 2. The van der Waals surface area contributed by atoms with Crippen LogP contribution >= 0.6 is 12.4 Å². The summed E-state index contributed by atoms with van der Waals surface area (Å²) in [6, 6.07) is -0.403. The molecule has 1 saturated heterocycles. The number of rotatable bonds is 4. The molecule has 20 heavy (non-hydrogen) atoms. The third kappa shape index (κ3) is 3.61. The molecule has 2 rings (SSSR count). The molecule has 2 fully saturated rings. The van der Waals surface area contributed by atoms with Crippen LogP contribution in [0.25, 0.3) is 0 Å². The molecule has 0 bridgehead atoms. The molecule has 1 heterocycles. The number of carbonyl (C=O) groups is 3. The van der Waals surface area contributed by atoms with Gasteiger partial charge in [0.2, 0.25) is 11.8 Å². The van der Waals surface area contributed by atoms with Crippen molar-refractivity contribution in [2.24, 2.45) is 5.73 Å². The molecule has 0 unspecified atom stereocenters. The van der Waals surface area contributed by atoms with Gasteiger partial charge in [0.05, 0.1) is 12.1 Å². The quantitative estimate of drug-likeness (QED) is 0.622. The van der Waals surface area contributed by atoms with Gasteiger partial charge in [-0.1, -0.05) is 19.3 Å². The minimum Gasteiger partial charge on any atom is -0.353 e. The molecule has 114 valence electrons. The summed E-state index contributed by atoms with van der Waals surface area (Å²) in [6.45, 7) is 0.469. The van der Waals surface area contributed by atoms with Gasteiger partial charge in [-0.05, 0) is 12.8 Å². The third-order valence-electron chi connectivity index (χ3n) is 3.76. The molecule has 0 aromatic rings. The van der Waals surface area contributed by atoms with Gasteiger partial charge in [0.25, 0.3) is 0 Å². The van der Waals surface area contributed by atoms with Crippen LogP contribution in [0, 0.1) is 0 Å². The molecule has 1 aliphatic heterocycles. The molecule has 0 atom stereocenters. The predicted octanol–water partition coefficient (Wildman–Crippen LogP) is -0.262. The second-order valence-electron chi connectivity index (χ2n) is 5.18. The molecule has 7 nitrogen and oxygen atoms in total. The van der Waals surface area contributed by atoms with E-state index in [1.807, 2.05) is 0 Å². The number of imide groups is 1. The van der Waals surface area contributed by atoms with Crippen molar-refractivity contribution in [1.82, 2.24) is 15.5 Å². The summed E-state index contributed by atoms with van der Waals surface area (Å²) in [5, 5.41) is 5.15. The van der Waals surface area contributed by atoms with Gasteiger partial charge in [-0.25, -0.2) is 4.79 Å². The first-order valence-corrected chi connectivity index (χ1v) is 6.68. The number of hydrogen-bond donors (Lipinski definition) is 3. The van der Waals surface area contributed by atoms with Gasteiger partial charge in [0.1, 0.15) is 0 Å². The van der Waals surface area contributed by atoms with Gasteiger partial charge in [0, 0.05) is 13.1 Å². The maximum Gasteiger partial charge on any atom is 0.324 e. The fourth-order valence-corrected chi connectivity index (χ4v) is 2.55. The average Bonchev–Trinajstić information content (AvgIpc) is 2.71. The van der Waals surface area contributed by atoms with Gasteiger partial charge in [-0.2, -0.15) is 0 Å². The number of nitrogens with two attached hydrogens (primary N) is 1. The number of halogens is 1. The Balaban J connectivity index is 0.00000200. The Morgan fingerprint density at radius 2 is 1.95 bits per heavy atom. The van der Waals surface area contributed by atoms with Crippen molar-refractivity contribution < 1.29 is 14.4 Å². The van der Waals surface area contributed by atoms with E-state index in [9.17, 15) is 14.4 Å². The minimum atomic E-state index is -0.782. The van der Waals surface area contributed by atoms with E-state index < -0.39 is 11.6 Å². The summed E-state index contributed by atoms with van der Waals surface area (Å²) in [5.74, 6) is -0.446. The first-order valence-electron chi connectivity index (χ1n) is 6.68. The van der Waals surface area contributed by atoms with Crippen molar-refractivity contribution >= 4 is 30.3 Å². The summed E-state index contributed by atoms with van der Waals surface area (Å²) in [4.78, 5) is 35.7. The molecule has 4 amide bonds. The van der Waals surface area contributed by atoms with E-state index >= 15 is 0 Å². The number of nitrogens with zero attached hydrogens (tertiary/aromatic N) is 1. The zero-order valence-electron chi connectivity index (χ0n) is 11.3. The maximum absolute atomic E-state index is 12.0. The van der Waals surface area contributed by atoms with Crippen molar-refractivity contribution in [1.29, 1.82) is 0 Å². The highest BCUT2D eigenvalue weighted by atomic mass is 35.5. The second-order valence-corrected chi connectivity index (χ2v) is 5.18. The van der Waals surface area contributed by atoms with Crippen molar-refractivity contribution in [2.75, 3.05) is 19.6 Å². The monoisotopic (exact) mass is 304 g/mol. The molecule has 2 aliphatic rings. The summed E-state index contributed by atoms with van der Waals surface area (Å²) in [7, 11) is 0. The van der Waals surface area contributed by atoms with Crippen molar-refractivity contribution in [3.63, 3.8) is 0 Å². The summed E-state index contributed by atoms with van der Waals surface area (Å²) in [6.07, 6.45) is 4.45. The van der Waals surface area contributed by atoms with E-state index in [1.54, 1.807) is 0 Å². The van der Waals surface area contributed by atoms with Crippen LogP contribution in [0.5, 0.6) is 0 Å². The zero-order valence-corrected chi connectivity index (χ0v) is 12.1. The van der Waals surface area contributed by atoms with Crippen LogP contribution in [-0.2, 0) is 9.59 Å². The Morgan fingerprint density at radius 1 is 1.30 bits per heavy atom. The van der Waals surface area contributed by atoms with E-state index in [0.717, 1.165) is 24.2 Å².